The molecule has 18 heavy (non-hydrogen) atoms. The standard InChI is InChI=1S/C12H14N4O2/c1-17-8-3-4-9(10(7-8)18-2)11-12(16-13)15-6-5-14-11/h3-7H,13H2,1-2H3,(H,15,16). The number of hydrogen-bond donors (Lipinski definition) is 2. The van der Waals surface area contributed by atoms with Crippen LogP contribution in [0, 0.1) is 0 Å². The number of methoxy groups -OCH3 is 2. The number of hydrazine groups is 1. The fraction of sp³-hybridized carbons (Fsp3) is 0.167. The van der Waals surface area contributed by atoms with E-state index in [-0.39, 0.29) is 0 Å². The fourth-order valence-electron chi connectivity index (χ4n) is 1.63. The molecule has 0 saturated carbocycles. The monoisotopic (exact) mass is 246 g/mol. The Kier molecular flexibility index (Phi) is 3.59. The molecular weight excluding hydrogens is 232 g/mol. The Morgan fingerprint density at radius 1 is 1.11 bits per heavy atom. The van der Waals surface area contributed by atoms with Crippen molar-refractivity contribution in [1.29, 1.82) is 0 Å². The summed E-state index contributed by atoms with van der Waals surface area (Å²) in [4.78, 5) is 8.36. The molecule has 0 aliphatic heterocycles. The number of nitrogens with one attached hydrogen (secondary N) is 1. The van der Waals surface area contributed by atoms with E-state index in [1.54, 1.807) is 32.7 Å². The zero-order valence-electron chi connectivity index (χ0n) is 10.2. The zero-order chi connectivity index (χ0) is 13.0. The van der Waals surface area contributed by atoms with Gasteiger partial charge in [0.15, 0.2) is 5.82 Å². The molecule has 0 radical (unpaired) electrons. The molecule has 3 N–H and O–H groups in total. The lowest BCUT2D eigenvalue weighted by Crippen LogP contribution is -2.10. The van der Waals surface area contributed by atoms with Crippen molar-refractivity contribution in [3.63, 3.8) is 0 Å². The Morgan fingerprint density at radius 2 is 1.89 bits per heavy atom. The average Bonchev–Trinajstić information content (AvgIpc) is 2.46. The molecular formula is C12H14N4O2. The molecule has 0 unspecified atom stereocenters. The van der Waals surface area contributed by atoms with Gasteiger partial charge in [-0.2, -0.15) is 0 Å². The number of nitrogens with two attached hydrogens (primary N) is 1. The van der Waals surface area contributed by atoms with E-state index in [0.29, 0.717) is 23.0 Å². The largest absolute Gasteiger partial charge is 0.497 e. The third kappa shape index (κ3) is 2.18. The first-order chi connectivity index (χ1) is 8.80. The Hall–Kier alpha value is -2.34. The van der Waals surface area contributed by atoms with Crippen LogP contribution in [0.5, 0.6) is 11.5 Å². The summed E-state index contributed by atoms with van der Waals surface area (Å²) in [6.07, 6.45) is 3.16. The van der Waals surface area contributed by atoms with Gasteiger partial charge in [0.1, 0.15) is 17.2 Å². The molecule has 0 aliphatic rings. The summed E-state index contributed by atoms with van der Waals surface area (Å²) in [5.41, 5.74) is 3.93. The van der Waals surface area contributed by atoms with Gasteiger partial charge in [-0.15, -0.1) is 0 Å². The fourth-order valence-corrected chi connectivity index (χ4v) is 1.63. The number of hydrogen-bond acceptors (Lipinski definition) is 6. The molecule has 6 nitrogen and oxygen atoms in total. The predicted octanol–water partition coefficient (Wildman–Crippen LogP) is 1.45. The molecule has 0 fully saturated rings. The summed E-state index contributed by atoms with van der Waals surface area (Å²) < 4.78 is 10.5. The predicted molar refractivity (Wildman–Crippen MR) is 68.4 cm³/mol. The first-order valence-electron chi connectivity index (χ1n) is 5.30. The van der Waals surface area contributed by atoms with E-state index in [2.05, 4.69) is 15.4 Å². The van der Waals surface area contributed by atoms with E-state index in [1.807, 2.05) is 12.1 Å². The molecule has 1 heterocycles. The minimum atomic E-state index is 0.487. The van der Waals surface area contributed by atoms with Crippen molar-refractivity contribution in [2.75, 3.05) is 19.6 Å². The molecule has 0 aliphatic carbocycles. The van der Waals surface area contributed by atoms with Gasteiger partial charge in [-0.25, -0.2) is 10.8 Å². The number of anilines is 1. The number of nitrogen functional groups attached to an aromatic ring is 1. The molecule has 0 saturated heterocycles. The lowest BCUT2D eigenvalue weighted by molar-refractivity contribution is 0.395. The Bertz CT molecular complexity index is 545. The van der Waals surface area contributed by atoms with Gasteiger partial charge in [-0.3, -0.25) is 4.98 Å². The van der Waals surface area contributed by atoms with Gasteiger partial charge in [0.2, 0.25) is 0 Å². The van der Waals surface area contributed by atoms with Gasteiger partial charge in [0, 0.05) is 24.0 Å². The van der Waals surface area contributed by atoms with E-state index < -0.39 is 0 Å². The smallest absolute Gasteiger partial charge is 0.166 e. The van der Waals surface area contributed by atoms with Crippen molar-refractivity contribution in [1.82, 2.24) is 9.97 Å². The molecule has 94 valence electrons. The first-order valence-corrected chi connectivity index (χ1v) is 5.30. The average molecular weight is 246 g/mol. The van der Waals surface area contributed by atoms with Crippen LogP contribution in [0.25, 0.3) is 11.3 Å². The summed E-state index contributed by atoms with van der Waals surface area (Å²) in [6, 6.07) is 5.46. The van der Waals surface area contributed by atoms with Crippen molar-refractivity contribution in [2.24, 2.45) is 5.84 Å². The van der Waals surface area contributed by atoms with Crippen LogP contribution >= 0.6 is 0 Å². The second kappa shape index (κ2) is 5.33. The van der Waals surface area contributed by atoms with Gasteiger partial charge < -0.3 is 14.9 Å². The minimum absolute atomic E-state index is 0.487. The lowest BCUT2D eigenvalue weighted by Gasteiger charge is -2.11. The van der Waals surface area contributed by atoms with Crippen LogP contribution in [-0.2, 0) is 0 Å². The highest BCUT2D eigenvalue weighted by Crippen LogP contribution is 2.34. The topological polar surface area (TPSA) is 82.3 Å². The summed E-state index contributed by atoms with van der Waals surface area (Å²) in [7, 11) is 3.19. The van der Waals surface area contributed by atoms with Crippen LogP contribution in [0.4, 0.5) is 5.82 Å². The van der Waals surface area contributed by atoms with Gasteiger partial charge >= 0.3 is 0 Å². The van der Waals surface area contributed by atoms with Crippen molar-refractivity contribution in [2.45, 2.75) is 0 Å². The van der Waals surface area contributed by atoms with Crippen molar-refractivity contribution in [3.05, 3.63) is 30.6 Å². The van der Waals surface area contributed by atoms with E-state index in [4.69, 9.17) is 15.3 Å². The molecule has 0 spiro atoms. The number of rotatable bonds is 4. The second-order valence-corrected chi connectivity index (χ2v) is 3.46. The van der Waals surface area contributed by atoms with Crippen molar-refractivity contribution < 1.29 is 9.47 Å². The van der Waals surface area contributed by atoms with E-state index in [1.165, 1.54) is 0 Å². The minimum Gasteiger partial charge on any atom is -0.497 e. The number of nitrogens with zero attached hydrogens (tertiary/aromatic N) is 2. The van der Waals surface area contributed by atoms with Crippen LogP contribution in [0.2, 0.25) is 0 Å². The maximum absolute atomic E-state index is 5.42. The van der Waals surface area contributed by atoms with Crippen LogP contribution < -0.4 is 20.7 Å². The second-order valence-electron chi connectivity index (χ2n) is 3.46. The highest BCUT2D eigenvalue weighted by molar-refractivity contribution is 5.76. The van der Waals surface area contributed by atoms with Gasteiger partial charge in [0.25, 0.3) is 0 Å². The molecule has 2 aromatic rings. The molecule has 1 aromatic heterocycles. The van der Waals surface area contributed by atoms with Crippen molar-refractivity contribution >= 4 is 5.82 Å². The van der Waals surface area contributed by atoms with E-state index >= 15 is 0 Å². The summed E-state index contributed by atoms with van der Waals surface area (Å²) >= 11 is 0. The van der Waals surface area contributed by atoms with Gasteiger partial charge in [-0.05, 0) is 12.1 Å². The molecule has 0 bridgehead atoms. The molecule has 0 amide bonds. The maximum Gasteiger partial charge on any atom is 0.166 e. The van der Waals surface area contributed by atoms with E-state index in [9.17, 15) is 0 Å². The quantitative estimate of drug-likeness (QED) is 0.627. The summed E-state index contributed by atoms with van der Waals surface area (Å²) in [5, 5.41) is 0. The van der Waals surface area contributed by atoms with Crippen LogP contribution in [0.1, 0.15) is 0 Å². The third-order valence-electron chi connectivity index (χ3n) is 2.50. The summed E-state index contributed by atoms with van der Waals surface area (Å²) in [5.74, 6) is 7.26. The molecule has 0 atom stereocenters. The van der Waals surface area contributed by atoms with Gasteiger partial charge in [-0.1, -0.05) is 0 Å². The summed E-state index contributed by atoms with van der Waals surface area (Å²) in [6.45, 7) is 0. The molecule has 2 rings (SSSR count). The normalized spacial score (nSPS) is 9.94. The van der Waals surface area contributed by atoms with Crippen LogP contribution in [0.3, 0.4) is 0 Å². The number of aromatic nitrogens is 2. The van der Waals surface area contributed by atoms with Crippen molar-refractivity contribution in [3.8, 4) is 22.8 Å². The SMILES string of the molecule is COc1ccc(-c2nccnc2NN)c(OC)c1. The van der Waals surface area contributed by atoms with E-state index in [0.717, 1.165) is 5.56 Å². The first kappa shape index (κ1) is 12.1. The Labute approximate surface area is 105 Å². The zero-order valence-corrected chi connectivity index (χ0v) is 10.2. The highest BCUT2D eigenvalue weighted by Gasteiger charge is 2.13. The van der Waals surface area contributed by atoms with Gasteiger partial charge in [0.05, 0.1) is 14.2 Å². The third-order valence-corrected chi connectivity index (χ3v) is 2.50. The molecule has 1 aromatic carbocycles. The Morgan fingerprint density at radius 3 is 2.56 bits per heavy atom. The number of benzene rings is 1. The highest BCUT2D eigenvalue weighted by atomic mass is 16.5. The van der Waals surface area contributed by atoms with Crippen LogP contribution in [-0.4, -0.2) is 24.2 Å². The number of ether oxygens (including phenoxy) is 2. The van der Waals surface area contributed by atoms with Crippen LogP contribution in [0.15, 0.2) is 30.6 Å². The molecule has 6 heteroatoms. The lowest BCUT2D eigenvalue weighted by atomic mass is 10.1. The maximum atomic E-state index is 5.42. The Balaban J connectivity index is 2.56.